The van der Waals surface area contributed by atoms with E-state index in [1.807, 2.05) is 6.07 Å². The molecule has 3 aromatic rings. The van der Waals surface area contributed by atoms with E-state index in [0.29, 0.717) is 32.5 Å². The summed E-state index contributed by atoms with van der Waals surface area (Å²) in [5, 5.41) is 13.7. The average molecular weight is 330 g/mol. The lowest BCUT2D eigenvalue weighted by Gasteiger charge is -2.10. The molecule has 0 saturated heterocycles. The molecule has 1 aromatic heterocycles. The van der Waals surface area contributed by atoms with Crippen LogP contribution >= 0.6 is 23.2 Å². The molecule has 3 rings (SSSR count). The van der Waals surface area contributed by atoms with Crippen molar-refractivity contribution in [3.63, 3.8) is 0 Å². The van der Waals surface area contributed by atoms with Crippen LogP contribution < -0.4 is 10.7 Å². The maximum atomic E-state index is 12.4. The average Bonchev–Trinajstić information content (AvgIpc) is 2.51. The minimum absolute atomic E-state index is 0.00437. The van der Waals surface area contributed by atoms with E-state index >= 15 is 0 Å². The minimum Gasteiger partial charge on any atom is -0.341 e. The van der Waals surface area contributed by atoms with Crippen LogP contribution in [0.1, 0.15) is 5.56 Å². The second kappa shape index (κ2) is 5.72. The molecule has 0 fully saturated rings. The van der Waals surface area contributed by atoms with Crippen LogP contribution in [0.5, 0.6) is 0 Å². The highest BCUT2D eigenvalue weighted by Crippen LogP contribution is 2.22. The first kappa shape index (κ1) is 14.5. The molecule has 6 heteroatoms. The summed E-state index contributed by atoms with van der Waals surface area (Å²) in [6.07, 6.45) is 0. The van der Waals surface area contributed by atoms with Crippen molar-refractivity contribution in [2.75, 3.05) is 5.32 Å². The topological polar surface area (TPSA) is 68.7 Å². The Morgan fingerprint density at radius 1 is 1.05 bits per heavy atom. The number of halogens is 2. The zero-order chi connectivity index (χ0) is 15.7. The number of pyridine rings is 1. The molecule has 0 aliphatic carbocycles. The van der Waals surface area contributed by atoms with Gasteiger partial charge in [0.15, 0.2) is 0 Å². The number of H-pyrrole nitrogens is 1. The van der Waals surface area contributed by atoms with Gasteiger partial charge in [0.25, 0.3) is 0 Å². The summed E-state index contributed by atoms with van der Waals surface area (Å²) in [5.74, 6) is 0.338. The van der Waals surface area contributed by atoms with Gasteiger partial charge in [-0.15, -0.1) is 0 Å². The maximum Gasteiger partial charge on any atom is 0.209 e. The summed E-state index contributed by atoms with van der Waals surface area (Å²) in [5.41, 5.74) is 0.953. The number of hydrogen-bond donors (Lipinski definition) is 2. The lowest BCUT2D eigenvalue weighted by molar-refractivity contribution is 1.32. The Labute approximate surface area is 135 Å². The van der Waals surface area contributed by atoms with Crippen molar-refractivity contribution in [3.05, 3.63) is 68.3 Å². The molecule has 0 aliphatic rings. The molecule has 4 nitrogen and oxygen atoms in total. The van der Waals surface area contributed by atoms with Gasteiger partial charge in [-0.3, -0.25) is 4.79 Å². The molecule has 0 bridgehead atoms. The van der Waals surface area contributed by atoms with Crippen molar-refractivity contribution >= 4 is 45.6 Å². The first-order chi connectivity index (χ1) is 10.6. The Balaban J connectivity index is 2.17. The Morgan fingerprint density at radius 3 is 2.41 bits per heavy atom. The molecule has 0 spiro atoms. The van der Waals surface area contributed by atoms with E-state index in [-0.39, 0.29) is 11.0 Å². The van der Waals surface area contributed by atoms with E-state index in [4.69, 9.17) is 23.2 Å². The number of nitriles is 1. The number of aromatic nitrogens is 1. The Hall–Kier alpha value is -2.48. The maximum absolute atomic E-state index is 12.4. The van der Waals surface area contributed by atoms with E-state index in [1.54, 1.807) is 42.5 Å². The van der Waals surface area contributed by atoms with Crippen LogP contribution in [0.2, 0.25) is 10.0 Å². The van der Waals surface area contributed by atoms with Gasteiger partial charge in [0.1, 0.15) is 17.5 Å². The summed E-state index contributed by atoms with van der Waals surface area (Å²) in [6, 6.07) is 13.8. The van der Waals surface area contributed by atoms with Crippen molar-refractivity contribution in [1.29, 1.82) is 5.26 Å². The fraction of sp³-hybridized carbons (Fsp3) is 0. The lowest BCUT2D eigenvalue weighted by Crippen LogP contribution is -2.11. The lowest BCUT2D eigenvalue weighted by atomic mass is 10.1. The molecule has 1 heterocycles. The summed E-state index contributed by atoms with van der Waals surface area (Å²) < 4.78 is 0. The first-order valence-electron chi connectivity index (χ1n) is 6.37. The third-order valence-electron chi connectivity index (χ3n) is 3.19. The largest absolute Gasteiger partial charge is 0.341 e. The third kappa shape index (κ3) is 2.64. The van der Waals surface area contributed by atoms with E-state index < -0.39 is 0 Å². The standard InChI is InChI=1S/C16H9Cl2N3O/c17-9-1-4-11(5-2-9)20-16-13(8-19)15(22)12-7-10(18)3-6-14(12)21-16/h1-7H,(H2,20,21,22). The van der Waals surface area contributed by atoms with Crippen molar-refractivity contribution in [3.8, 4) is 6.07 Å². The zero-order valence-electron chi connectivity index (χ0n) is 11.2. The molecule has 2 aromatic carbocycles. The van der Waals surface area contributed by atoms with Crippen LogP contribution in [0, 0.1) is 11.3 Å². The van der Waals surface area contributed by atoms with Crippen LogP contribution in [-0.4, -0.2) is 4.98 Å². The monoisotopic (exact) mass is 329 g/mol. The Kier molecular flexibility index (Phi) is 3.76. The zero-order valence-corrected chi connectivity index (χ0v) is 12.7. The normalized spacial score (nSPS) is 10.4. The van der Waals surface area contributed by atoms with Crippen LogP contribution in [0.15, 0.2) is 47.3 Å². The summed E-state index contributed by atoms with van der Waals surface area (Å²) in [7, 11) is 0. The molecule has 0 atom stereocenters. The van der Waals surface area contributed by atoms with E-state index in [9.17, 15) is 10.1 Å². The molecule has 0 saturated carbocycles. The van der Waals surface area contributed by atoms with Crippen LogP contribution in [-0.2, 0) is 0 Å². The van der Waals surface area contributed by atoms with Gasteiger partial charge in [-0.1, -0.05) is 23.2 Å². The SMILES string of the molecule is N#Cc1c(Nc2ccc(Cl)cc2)[nH]c2ccc(Cl)cc2c1=O. The second-order valence-corrected chi connectivity index (χ2v) is 5.51. The predicted octanol–water partition coefficient (Wildman–Crippen LogP) is 4.45. The van der Waals surface area contributed by atoms with Gasteiger partial charge >= 0.3 is 0 Å². The highest BCUT2D eigenvalue weighted by Gasteiger charge is 2.12. The number of fused-ring (bicyclic) bond motifs is 1. The predicted molar refractivity (Wildman–Crippen MR) is 89.0 cm³/mol. The highest BCUT2D eigenvalue weighted by molar-refractivity contribution is 6.31. The van der Waals surface area contributed by atoms with Crippen molar-refractivity contribution in [1.82, 2.24) is 4.98 Å². The molecule has 22 heavy (non-hydrogen) atoms. The number of nitrogens with one attached hydrogen (secondary N) is 2. The molecular formula is C16H9Cl2N3O. The van der Waals surface area contributed by atoms with Crippen LogP contribution in [0.25, 0.3) is 10.9 Å². The summed E-state index contributed by atoms with van der Waals surface area (Å²) >= 11 is 11.7. The fourth-order valence-corrected chi connectivity index (χ4v) is 2.43. The number of hydrogen-bond acceptors (Lipinski definition) is 3. The van der Waals surface area contributed by atoms with E-state index in [2.05, 4.69) is 10.3 Å². The van der Waals surface area contributed by atoms with E-state index in [0.717, 1.165) is 0 Å². The van der Waals surface area contributed by atoms with E-state index in [1.165, 1.54) is 0 Å². The highest BCUT2D eigenvalue weighted by atomic mass is 35.5. The molecule has 0 amide bonds. The van der Waals surface area contributed by atoms with Gasteiger partial charge in [-0.2, -0.15) is 5.26 Å². The fourth-order valence-electron chi connectivity index (χ4n) is 2.14. The Bertz CT molecular complexity index is 956. The van der Waals surface area contributed by atoms with Crippen molar-refractivity contribution < 1.29 is 0 Å². The van der Waals surface area contributed by atoms with Gasteiger partial charge in [0.05, 0.1) is 5.52 Å². The van der Waals surface area contributed by atoms with Crippen molar-refractivity contribution in [2.45, 2.75) is 0 Å². The molecule has 2 N–H and O–H groups in total. The number of aromatic amines is 1. The molecular weight excluding hydrogens is 321 g/mol. The summed E-state index contributed by atoms with van der Waals surface area (Å²) in [6.45, 7) is 0. The second-order valence-electron chi connectivity index (χ2n) is 4.64. The smallest absolute Gasteiger partial charge is 0.209 e. The first-order valence-corrected chi connectivity index (χ1v) is 7.12. The van der Waals surface area contributed by atoms with Crippen LogP contribution in [0.4, 0.5) is 11.5 Å². The summed E-state index contributed by atoms with van der Waals surface area (Å²) in [4.78, 5) is 15.5. The van der Waals surface area contributed by atoms with Crippen molar-refractivity contribution in [2.24, 2.45) is 0 Å². The van der Waals surface area contributed by atoms with Gasteiger partial charge < -0.3 is 10.3 Å². The number of rotatable bonds is 2. The minimum atomic E-state index is -0.366. The molecule has 0 radical (unpaired) electrons. The number of nitrogens with zero attached hydrogens (tertiary/aromatic N) is 1. The van der Waals surface area contributed by atoms with Crippen LogP contribution in [0.3, 0.4) is 0 Å². The number of benzene rings is 2. The van der Waals surface area contributed by atoms with Gasteiger partial charge in [0.2, 0.25) is 5.43 Å². The molecule has 0 aliphatic heterocycles. The quantitative estimate of drug-likeness (QED) is 0.729. The Morgan fingerprint density at radius 2 is 1.73 bits per heavy atom. The van der Waals surface area contributed by atoms with Gasteiger partial charge in [-0.05, 0) is 42.5 Å². The van der Waals surface area contributed by atoms with Gasteiger partial charge in [-0.25, -0.2) is 0 Å². The third-order valence-corrected chi connectivity index (χ3v) is 3.68. The number of anilines is 2. The molecule has 108 valence electrons. The van der Waals surface area contributed by atoms with Gasteiger partial charge in [0, 0.05) is 21.1 Å². The molecule has 0 unspecified atom stereocenters.